The minimum atomic E-state index is 0.431. The molecule has 2 aromatic rings. The van der Waals surface area contributed by atoms with Crippen LogP contribution in [0, 0.1) is 6.92 Å². The van der Waals surface area contributed by atoms with Gasteiger partial charge in [-0.15, -0.1) is 0 Å². The van der Waals surface area contributed by atoms with Crippen LogP contribution in [0.3, 0.4) is 0 Å². The highest BCUT2D eigenvalue weighted by atomic mass is 16.5. The van der Waals surface area contributed by atoms with Crippen LogP contribution in [0.15, 0.2) is 42.6 Å². The average Bonchev–Trinajstić information content (AvgIpc) is 2.38. The van der Waals surface area contributed by atoms with E-state index < -0.39 is 0 Å². The number of hydrogen-bond acceptors (Lipinski definition) is 4. The second-order valence-electron chi connectivity index (χ2n) is 3.73. The molecule has 2 rings (SSSR count). The number of aryl methyl sites for hydroxylation is 1. The molecule has 0 spiro atoms. The van der Waals surface area contributed by atoms with Crippen molar-refractivity contribution in [2.24, 2.45) is 5.84 Å². The van der Waals surface area contributed by atoms with Crippen LogP contribution >= 0.6 is 0 Å². The number of hydrogen-bond donors (Lipinski definition) is 2. The van der Waals surface area contributed by atoms with Crippen LogP contribution in [0.2, 0.25) is 0 Å². The highest BCUT2D eigenvalue weighted by molar-refractivity contribution is 5.41. The fourth-order valence-corrected chi connectivity index (χ4v) is 1.52. The Labute approximate surface area is 100 Å². The molecule has 17 heavy (non-hydrogen) atoms. The summed E-state index contributed by atoms with van der Waals surface area (Å²) in [4.78, 5) is 4.21. The Morgan fingerprint density at radius 3 is 2.88 bits per heavy atom. The standard InChI is InChI=1S/C13H15N3O/c1-10-4-2-3-5-13(10)17-9-12-8-11(16-14)6-7-15-12/h2-8H,9,14H2,1H3,(H,15,16). The predicted octanol–water partition coefficient (Wildman–Crippen LogP) is 2.25. The number of para-hydroxylation sites is 1. The van der Waals surface area contributed by atoms with Gasteiger partial charge in [-0.1, -0.05) is 18.2 Å². The third-order valence-electron chi connectivity index (χ3n) is 2.45. The van der Waals surface area contributed by atoms with Crippen LogP contribution in [0.5, 0.6) is 5.75 Å². The minimum absolute atomic E-state index is 0.431. The lowest BCUT2D eigenvalue weighted by atomic mass is 10.2. The molecule has 0 fully saturated rings. The number of benzene rings is 1. The Morgan fingerprint density at radius 2 is 2.12 bits per heavy atom. The molecule has 0 unspecified atom stereocenters. The summed E-state index contributed by atoms with van der Waals surface area (Å²) in [5.74, 6) is 6.21. The quantitative estimate of drug-likeness (QED) is 0.623. The zero-order valence-corrected chi connectivity index (χ0v) is 9.68. The van der Waals surface area contributed by atoms with Crippen molar-refractivity contribution >= 4 is 5.69 Å². The van der Waals surface area contributed by atoms with Crippen molar-refractivity contribution in [3.63, 3.8) is 0 Å². The Hall–Kier alpha value is -2.07. The summed E-state index contributed by atoms with van der Waals surface area (Å²) in [6, 6.07) is 11.6. The normalized spacial score (nSPS) is 10.0. The van der Waals surface area contributed by atoms with E-state index in [9.17, 15) is 0 Å². The lowest BCUT2D eigenvalue weighted by molar-refractivity contribution is 0.299. The number of anilines is 1. The molecule has 0 aliphatic rings. The third kappa shape index (κ3) is 2.95. The molecule has 1 aromatic carbocycles. The second kappa shape index (κ2) is 5.32. The van der Waals surface area contributed by atoms with E-state index >= 15 is 0 Å². The molecule has 0 radical (unpaired) electrons. The first-order chi connectivity index (χ1) is 8.29. The number of nitrogens with one attached hydrogen (secondary N) is 1. The van der Waals surface area contributed by atoms with E-state index in [1.165, 1.54) is 0 Å². The molecule has 88 valence electrons. The van der Waals surface area contributed by atoms with Gasteiger partial charge in [-0.2, -0.15) is 0 Å². The van der Waals surface area contributed by atoms with E-state index in [0.717, 1.165) is 22.7 Å². The van der Waals surface area contributed by atoms with Gasteiger partial charge in [0, 0.05) is 6.20 Å². The molecule has 0 saturated carbocycles. The topological polar surface area (TPSA) is 60.2 Å². The van der Waals surface area contributed by atoms with E-state index in [4.69, 9.17) is 10.6 Å². The summed E-state index contributed by atoms with van der Waals surface area (Å²) in [5, 5.41) is 0. The van der Waals surface area contributed by atoms with E-state index in [2.05, 4.69) is 10.4 Å². The maximum Gasteiger partial charge on any atom is 0.130 e. The number of nitrogens with zero attached hydrogens (tertiary/aromatic N) is 1. The predicted molar refractivity (Wildman–Crippen MR) is 67.6 cm³/mol. The largest absolute Gasteiger partial charge is 0.487 e. The summed E-state index contributed by atoms with van der Waals surface area (Å²) in [5.41, 5.74) is 5.35. The van der Waals surface area contributed by atoms with E-state index in [-0.39, 0.29) is 0 Å². The van der Waals surface area contributed by atoms with Gasteiger partial charge in [0.15, 0.2) is 0 Å². The number of ether oxygens (including phenoxy) is 1. The van der Waals surface area contributed by atoms with Crippen molar-refractivity contribution in [1.82, 2.24) is 4.98 Å². The van der Waals surface area contributed by atoms with Crippen LogP contribution < -0.4 is 16.0 Å². The minimum Gasteiger partial charge on any atom is -0.487 e. The van der Waals surface area contributed by atoms with Gasteiger partial charge in [0.1, 0.15) is 12.4 Å². The zero-order chi connectivity index (χ0) is 12.1. The second-order valence-corrected chi connectivity index (χ2v) is 3.73. The van der Waals surface area contributed by atoms with Gasteiger partial charge in [0.2, 0.25) is 0 Å². The number of hydrazine groups is 1. The monoisotopic (exact) mass is 229 g/mol. The van der Waals surface area contributed by atoms with E-state index in [1.54, 1.807) is 12.3 Å². The van der Waals surface area contributed by atoms with Crippen molar-refractivity contribution in [2.75, 3.05) is 5.43 Å². The van der Waals surface area contributed by atoms with Gasteiger partial charge < -0.3 is 10.2 Å². The van der Waals surface area contributed by atoms with Gasteiger partial charge in [0.25, 0.3) is 0 Å². The average molecular weight is 229 g/mol. The number of nitrogen functional groups attached to an aromatic ring is 1. The molecule has 0 atom stereocenters. The molecule has 0 saturated heterocycles. The van der Waals surface area contributed by atoms with Crippen LogP contribution in [-0.4, -0.2) is 4.98 Å². The fourth-order valence-electron chi connectivity index (χ4n) is 1.52. The Balaban J connectivity index is 2.05. The maximum absolute atomic E-state index is 5.69. The van der Waals surface area contributed by atoms with Crippen molar-refractivity contribution in [3.05, 3.63) is 53.9 Å². The molecule has 0 aliphatic carbocycles. The molecular formula is C13H15N3O. The van der Waals surface area contributed by atoms with Gasteiger partial charge in [-0.05, 0) is 30.7 Å². The van der Waals surface area contributed by atoms with Crippen LogP contribution in [0.1, 0.15) is 11.3 Å². The van der Waals surface area contributed by atoms with Gasteiger partial charge in [-0.3, -0.25) is 10.8 Å². The Morgan fingerprint density at radius 1 is 1.29 bits per heavy atom. The number of aromatic nitrogens is 1. The molecule has 0 aliphatic heterocycles. The van der Waals surface area contributed by atoms with E-state index in [1.807, 2.05) is 37.3 Å². The lowest BCUT2D eigenvalue weighted by Gasteiger charge is -2.09. The van der Waals surface area contributed by atoms with E-state index in [0.29, 0.717) is 6.61 Å². The molecule has 0 bridgehead atoms. The first-order valence-corrected chi connectivity index (χ1v) is 5.39. The SMILES string of the molecule is Cc1ccccc1OCc1cc(NN)ccn1. The summed E-state index contributed by atoms with van der Waals surface area (Å²) < 4.78 is 5.69. The number of pyridine rings is 1. The summed E-state index contributed by atoms with van der Waals surface area (Å²) >= 11 is 0. The van der Waals surface area contributed by atoms with Crippen molar-refractivity contribution in [3.8, 4) is 5.75 Å². The van der Waals surface area contributed by atoms with Crippen LogP contribution in [-0.2, 0) is 6.61 Å². The molecule has 1 aromatic heterocycles. The van der Waals surface area contributed by atoms with Crippen molar-refractivity contribution in [2.45, 2.75) is 13.5 Å². The number of nitrogens with two attached hydrogens (primary N) is 1. The van der Waals surface area contributed by atoms with Gasteiger partial charge >= 0.3 is 0 Å². The number of rotatable bonds is 4. The van der Waals surface area contributed by atoms with Crippen LogP contribution in [0.25, 0.3) is 0 Å². The summed E-state index contributed by atoms with van der Waals surface area (Å²) in [7, 11) is 0. The van der Waals surface area contributed by atoms with Crippen molar-refractivity contribution in [1.29, 1.82) is 0 Å². The summed E-state index contributed by atoms with van der Waals surface area (Å²) in [6.07, 6.45) is 1.70. The molecule has 4 nitrogen and oxygen atoms in total. The first-order valence-electron chi connectivity index (χ1n) is 5.39. The zero-order valence-electron chi connectivity index (χ0n) is 9.68. The summed E-state index contributed by atoms with van der Waals surface area (Å²) in [6.45, 7) is 2.45. The molecule has 0 amide bonds. The molecular weight excluding hydrogens is 214 g/mol. The highest BCUT2D eigenvalue weighted by Crippen LogP contribution is 2.17. The molecule has 3 N–H and O–H groups in total. The molecule has 4 heteroatoms. The smallest absolute Gasteiger partial charge is 0.130 e. The first kappa shape index (κ1) is 11.4. The van der Waals surface area contributed by atoms with Gasteiger partial charge in [-0.25, -0.2) is 0 Å². The van der Waals surface area contributed by atoms with Gasteiger partial charge in [0.05, 0.1) is 11.4 Å². The fraction of sp³-hybridized carbons (Fsp3) is 0.154. The lowest BCUT2D eigenvalue weighted by Crippen LogP contribution is -2.08. The Bertz CT molecular complexity index is 500. The molecule has 1 heterocycles. The van der Waals surface area contributed by atoms with Crippen molar-refractivity contribution < 1.29 is 4.74 Å². The third-order valence-corrected chi connectivity index (χ3v) is 2.45. The maximum atomic E-state index is 5.69. The Kier molecular flexibility index (Phi) is 3.57. The highest BCUT2D eigenvalue weighted by Gasteiger charge is 2.00. The van der Waals surface area contributed by atoms with Crippen LogP contribution in [0.4, 0.5) is 5.69 Å².